The van der Waals surface area contributed by atoms with Gasteiger partial charge in [0.15, 0.2) is 5.75 Å². The number of aromatic nitrogens is 1. The minimum Gasteiger partial charge on any atom is -0.505 e. The molecule has 0 aliphatic rings. The van der Waals surface area contributed by atoms with E-state index in [2.05, 4.69) is 4.99 Å². The first kappa shape index (κ1) is 15.8. The molecule has 0 unspecified atom stereocenters. The molecule has 1 N–H and O–H groups in total. The van der Waals surface area contributed by atoms with Crippen molar-refractivity contribution in [3.63, 3.8) is 0 Å². The fourth-order valence-corrected chi connectivity index (χ4v) is 2.63. The van der Waals surface area contributed by atoms with E-state index in [0.29, 0.717) is 28.9 Å². The molecule has 0 saturated carbocycles. The van der Waals surface area contributed by atoms with E-state index in [-0.39, 0.29) is 11.7 Å². The van der Waals surface area contributed by atoms with Gasteiger partial charge in [0.2, 0.25) is 5.91 Å². The molecule has 1 heterocycles. The number of aromatic hydroxyl groups is 1. The van der Waals surface area contributed by atoms with Gasteiger partial charge in [-0.2, -0.15) is 0 Å². The first-order valence-corrected chi connectivity index (χ1v) is 7.72. The quantitative estimate of drug-likeness (QED) is 0.734. The van der Waals surface area contributed by atoms with Gasteiger partial charge in [-0.25, -0.2) is 0 Å². The molecule has 3 aromatic rings. The van der Waals surface area contributed by atoms with Gasteiger partial charge < -0.3 is 9.84 Å². The number of fused-ring (bicyclic) bond motifs is 1. The number of carbonyl (C=O) groups is 1. The summed E-state index contributed by atoms with van der Waals surface area (Å²) in [6.07, 6.45) is 1.51. The zero-order valence-electron chi connectivity index (χ0n) is 13.6. The van der Waals surface area contributed by atoms with Crippen LogP contribution in [0.5, 0.6) is 11.5 Å². The maximum absolute atomic E-state index is 12.0. The molecule has 0 radical (unpaired) electrons. The summed E-state index contributed by atoms with van der Waals surface area (Å²) in [6, 6.07) is 14.5. The maximum atomic E-state index is 12.0. The number of rotatable bonds is 4. The van der Waals surface area contributed by atoms with Gasteiger partial charge in [-0.15, -0.1) is 0 Å². The predicted molar refractivity (Wildman–Crippen MR) is 94.8 cm³/mol. The van der Waals surface area contributed by atoms with Crippen molar-refractivity contribution < 1.29 is 14.6 Å². The summed E-state index contributed by atoms with van der Waals surface area (Å²) < 4.78 is 6.85. The Labute approximate surface area is 139 Å². The zero-order chi connectivity index (χ0) is 17.1. The van der Waals surface area contributed by atoms with Crippen LogP contribution in [0.3, 0.4) is 0 Å². The summed E-state index contributed by atoms with van der Waals surface area (Å²) in [5.74, 6) is 0.646. The normalized spacial score (nSPS) is 11.2. The maximum Gasteiger partial charge on any atom is 0.228 e. The van der Waals surface area contributed by atoms with E-state index in [4.69, 9.17) is 4.74 Å². The second-order valence-corrected chi connectivity index (χ2v) is 5.29. The van der Waals surface area contributed by atoms with E-state index >= 15 is 0 Å². The van der Waals surface area contributed by atoms with Crippen LogP contribution in [0.1, 0.15) is 24.3 Å². The number of aliphatic imine (C=N–C) groups is 1. The summed E-state index contributed by atoms with van der Waals surface area (Å²) in [5, 5.41) is 11.1. The molecule has 5 nitrogen and oxygen atoms in total. The van der Waals surface area contributed by atoms with Crippen LogP contribution in [-0.2, 0) is 0 Å². The number of carbonyl (C=O) groups excluding carboxylic acids is 1. The van der Waals surface area contributed by atoms with Crippen molar-refractivity contribution in [3.05, 3.63) is 54.2 Å². The minimum atomic E-state index is -0.181. The van der Waals surface area contributed by atoms with Gasteiger partial charge in [0.05, 0.1) is 24.0 Å². The Bertz CT molecular complexity index is 908. The lowest BCUT2D eigenvalue weighted by Gasteiger charge is -2.03. The molecule has 0 atom stereocenters. The summed E-state index contributed by atoms with van der Waals surface area (Å²) in [6.45, 7) is 3.99. The molecule has 0 saturated heterocycles. The van der Waals surface area contributed by atoms with Crippen LogP contribution >= 0.6 is 0 Å². The SMILES string of the molecule is CCOc1ccc(N=Cc2c(O)c3ccccc3n2C(C)=O)cc1. The van der Waals surface area contributed by atoms with Gasteiger partial charge in [-0.05, 0) is 43.3 Å². The first-order valence-electron chi connectivity index (χ1n) is 7.72. The van der Waals surface area contributed by atoms with Crippen LogP contribution in [0.4, 0.5) is 5.69 Å². The van der Waals surface area contributed by atoms with Crippen molar-refractivity contribution in [1.29, 1.82) is 0 Å². The van der Waals surface area contributed by atoms with Crippen molar-refractivity contribution >= 4 is 28.7 Å². The fourth-order valence-electron chi connectivity index (χ4n) is 2.63. The molecule has 0 fully saturated rings. The topological polar surface area (TPSA) is 63.8 Å². The summed E-state index contributed by atoms with van der Waals surface area (Å²) in [4.78, 5) is 16.4. The Morgan fingerprint density at radius 2 is 1.92 bits per heavy atom. The van der Waals surface area contributed by atoms with Crippen molar-refractivity contribution in [2.45, 2.75) is 13.8 Å². The molecule has 1 aromatic heterocycles. The lowest BCUT2D eigenvalue weighted by molar-refractivity contribution is 0.0940. The molecule has 0 spiro atoms. The summed E-state index contributed by atoms with van der Waals surface area (Å²) in [5.41, 5.74) is 1.74. The average molecular weight is 322 g/mol. The zero-order valence-corrected chi connectivity index (χ0v) is 13.6. The largest absolute Gasteiger partial charge is 0.505 e. The smallest absolute Gasteiger partial charge is 0.228 e. The number of ether oxygens (including phenoxy) is 1. The Kier molecular flexibility index (Phi) is 4.33. The monoisotopic (exact) mass is 322 g/mol. The summed E-state index contributed by atoms with van der Waals surface area (Å²) >= 11 is 0. The Morgan fingerprint density at radius 1 is 1.21 bits per heavy atom. The predicted octanol–water partition coefficient (Wildman–Crippen LogP) is 4.16. The molecule has 0 aliphatic heterocycles. The van der Waals surface area contributed by atoms with Crippen LogP contribution in [0, 0.1) is 0 Å². The van der Waals surface area contributed by atoms with Gasteiger partial charge in [0.1, 0.15) is 11.4 Å². The van der Waals surface area contributed by atoms with Crippen molar-refractivity contribution in [2.75, 3.05) is 6.61 Å². The molecule has 3 rings (SSSR count). The number of para-hydroxylation sites is 1. The van der Waals surface area contributed by atoms with E-state index in [0.717, 1.165) is 5.75 Å². The third-order valence-electron chi connectivity index (χ3n) is 3.68. The molecule has 2 aromatic carbocycles. The van der Waals surface area contributed by atoms with Gasteiger partial charge in [-0.3, -0.25) is 14.4 Å². The number of benzene rings is 2. The van der Waals surface area contributed by atoms with E-state index < -0.39 is 0 Å². The Morgan fingerprint density at radius 3 is 2.58 bits per heavy atom. The molecule has 0 bridgehead atoms. The number of nitrogens with zero attached hydrogens (tertiary/aromatic N) is 2. The molecular weight excluding hydrogens is 304 g/mol. The third kappa shape index (κ3) is 2.88. The van der Waals surface area contributed by atoms with Crippen molar-refractivity contribution in [1.82, 2.24) is 4.57 Å². The standard InChI is InChI=1S/C19H18N2O3/c1-3-24-15-10-8-14(9-11-15)20-12-18-19(23)16-6-4-5-7-17(16)21(18)13(2)22/h4-12,23H,3H2,1-2H3. The second-order valence-electron chi connectivity index (χ2n) is 5.29. The second kappa shape index (κ2) is 6.58. The highest BCUT2D eigenvalue weighted by molar-refractivity contribution is 6.04. The van der Waals surface area contributed by atoms with Crippen LogP contribution in [0.15, 0.2) is 53.5 Å². The third-order valence-corrected chi connectivity index (χ3v) is 3.68. The van der Waals surface area contributed by atoms with Gasteiger partial charge >= 0.3 is 0 Å². The van der Waals surface area contributed by atoms with E-state index in [1.807, 2.05) is 43.3 Å². The molecule has 5 heteroatoms. The lowest BCUT2D eigenvalue weighted by atomic mass is 10.2. The van der Waals surface area contributed by atoms with E-state index in [9.17, 15) is 9.90 Å². The molecule has 0 aliphatic carbocycles. The number of hydrogen-bond acceptors (Lipinski definition) is 4. The first-order chi connectivity index (χ1) is 11.6. The summed E-state index contributed by atoms with van der Waals surface area (Å²) in [7, 11) is 0. The van der Waals surface area contributed by atoms with Crippen molar-refractivity contribution in [3.8, 4) is 11.5 Å². The molecular formula is C19H18N2O3. The van der Waals surface area contributed by atoms with Crippen molar-refractivity contribution in [2.24, 2.45) is 4.99 Å². The highest BCUT2D eigenvalue weighted by Gasteiger charge is 2.17. The van der Waals surface area contributed by atoms with Crippen LogP contribution in [0.2, 0.25) is 0 Å². The van der Waals surface area contributed by atoms with Crippen LogP contribution in [-0.4, -0.2) is 28.4 Å². The molecule has 0 amide bonds. The Hall–Kier alpha value is -3.08. The Balaban J connectivity index is 2.01. The minimum absolute atomic E-state index is 0.0514. The fraction of sp³-hybridized carbons (Fsp3) is 0.158. The van der Waals surface area contributed by atoms with E-state index in [1.165, 1.54) is 17.7 Å². The van der Waals surface area contributed by atoms with Crippen LogP contribution < -0.4 is 4.74 Å². The van der Waals surface area contributed by atoms with E-state index in [1.54, 1.807) is 12.1 Å². The van der Waals surface area contributed by atoms with Gasteiger partial charge in [0, 0.05) is 12.3 Å². The van der Waals surface area contributed by atoms with Gasteiger partial charge in [0.25, 0.3) is 0 Å². The molecule has 122 valence electrons. The highest BCUT2D eigenvalue weighted by atomic mass is 16.5. The van der Waals surface area contributed by atoms with Gasteiger partial charge in [-0.1, -0.05) is 12.1 Å². The van der Waals surface area contributed by atoms with Crippen LogP contribution in [0.25, 0.3) is 10.9 Å². The molecule has 24 heavy (non-hydrogen) atoms. The number of hydrogen-bond donors (Lipinski definition) is 1. The average Bonchev–Trinajstić information content (AvgIpc) is 2.87. The highest BCUT2D eigenvalue weighted by Crippen LogP contribution is 2.31. The lowest BCUT2D eigenvalue weighted by Crippen LogP contribution is -2.08.